The van der Waals surface area contributed by atoms with Gasteiger partial charge in [0.25, 0.3) is 0 Å². The predicted molar refractivity (Wildman–Crippen MR) is 82.4 cm³/mol. The van der Waals surface area contributed by atoms with Crippen molar-refractivity contribution < 1.29 is 8.42 Å². The van der Waals surface area contributed by atoms with Crippen LogP contribution in [-0.4, -0.2) is 39.6 Å². The van der Waals surface area contributed by atoms with E-state index in [0.717, 1.165) is 16.7 Å². The molecular formula is C13H19BrN2O2S. The van der Waals surface area contributed by atoms with Gasteiger partial charge in [0.15, 0.2) is 9.84 Å². The second kappa shape index (κ2) is 5.81. The van der Waals surface area contributed by atoms with Crippen LogP contribution in [0.15, 0.2) is 22.7 Å². The van der Waals surface area contributed by atoms with Gasteiger partial charge in [0.2, 0.25) is 0 Å². The van der Waals surface area contributed by atoms with E-state index in [2.05, 4.69) is 44.3 Å². The molecule has 1 aromatic carbocycles. The molecule has 1 heterocycles. The third-order valence-electron chi connectivity index (χ3n) is 3.41. The molecule has 0 amide bonds. The third kappa shape index (κ3) is 3.49. The minimum atomic E-state index is -2.86. The first kappa shape index (κ1) is 14.8. The van der Waals surface area contributed by atoms with Gasteiger partial charge < -0.3 is 10.2 Å². The van der Waals surface area contributed by atoms with Gasteiger partial charge in [-0.2, -0.15) is 0 Å². The lowest BCUT2D eigenvalue weighted by atomic mass is 10.1. The second-order valence-corrected chi connectivity index (χ2v) is 8.05. The maximum Gasteiger partial charge on any atom is 0.154 e. The number of rotatable bonds is 3. The van der Waals surface area contributed by atoms with Crippen LogP contribution in [0, 0.1) is 0 Å². The lowest BCUT2D eigenvalue weighted by Crippen LogP contribution is -2.47. The van der Waals surface area contributed by atoms with E-state index in [1.165, 1.54) is 5.56 Å². The molecule has 1 saturated heterocycles. The Morgan fingerprint density at radius 2 is 2.21 bits per heavy atom. The van der Waals surface area contributed by atoms with Crippen LogP contribution in [0.1, 0.15) is 12.5 Å². The maximum atomic E-state index is 11.6. The van der Waals surface area contributed by atoms with E-state index < -0.39 is 9.84 Å². The fourth-order valence-electron chi connectivity index (χ4n) is 2.43. The molecule has 0 saturated carbocycles. The number of nitrogens with one attached hydrogen (secondary N) is 1. The van der Waals surface area contributed by atoms with Crippen molar-refractivity contribution in [3.8, 4) is 0 Å². The van der Waals surface area contributed by atoms with Gasteiger partial charge in [0.05, 0.1) is 11.5 Å². The molecule has 4 nitrogen and oxygen atoms in total. The lowest BCUT2D eigenvalue weighted by molar-refractivity contribution is 0.568. The van der Waals surface area contributed by atoms with Gasteiger partial charge in [-0.3, -0.25) is 0 Å². The number of hydrogen-bond acceptors (Lipinski definition) is 4. The summed E-state index contributed by atoms with van der Waals surface area (Å²) >= 11 is 3.57. The van der Waals surface area contributed by atoms with Crippen LogP contribution in [-0.2, 0) is 16.4 Å². The van der Waals surface area contributed by atoms with Gasteiger partial charge in [-0.25, -0.2) is 8.42 Å². The Balaban J connectivity index is 2.21. The highest BCUT2D eigenvalue weighted by atomic mass is 79.9. The van der Waals surface area contributed by atoms with E-state index >= 15 is 0 Å². The second-order valence-electron chi connectivity index (χ2n) is 4.96. The fraction of sp³-hybridized carbons (Fsp3) is 0.538. The van der Waals surface area contributed by atoms with Gasteiger partial charge in [0, 0.05) is 29.3 Å². The summed E-state index contributed by atoms with van der Waals surface area (Å²) in [6, 6.07) is 6.24. The topological polar surface area (TPSA) is 49.4 Å². The molecule has 106 valence electrons. The monoisotopic (exact) mass is 346 g/mol. The average Bonchev–Trinajstić information content (AvgIpc) is 2.31. The van der Waals surface area contributed by atoms with Crippen molar-refractivity contribution >= 4 is 31.5 Å². The molecule has 1 unspecified atom stereocenters. The minimum absolute atomic E-state index is 0.0285. The molecule has 1 aromatic rings. The Labute approximate surface area is 123 Å². The highest BCUT2D eigenvalue weighted by Gasteiger charge is 2.28. The van der Waals surface area contributed by atoms with Gasteiger partial charge in [-0.05, 0) is 31.7 Å². The number of nitrogens with zero attached hydrogens (tertiary/aromatic N) is 1. The van der Waals surface area contributed by atoms with Gasteiger partial charge in [-0.15, -0.1) is 0 Å². The summed E-state index contributed by atoms with van der Waals surface area (Å²) in [4.78, 5) is 2.16. The molecule has 1 aliphatic rings. The molecule has 1 atom stereocenters. The summed E-state index contributed by atoms with van der Waals surface area (Å²) in [5.74, 6) is 0.482. The molecule has 6 heteroatoms. The van der Waals surface area contributed by atoms with Crippen molar-refractivity contribution in [2.75, 3.05) is 30.0 Å². The van der Waals surface area contributed by atoms with Gasteiger partial charge >= 0.3 is 0 Å². The van der Waals surface area contributed by atoms with Crippen LogP contribution < -0.4 is 10.2 Å². The summed E-state index contributed by atoms with van der Waals surface area (Å²) in [7, 11) is -0.949. The maximum absolute atomic E-state index is 11.6. The zero-order valence-corrected chi connectivity index (χ0v) is 13.6. The zero-order valence-electron chi connectivity index (χ0n) is 11.2. The van der Waals surface area contributed by atoms with Crippen LogP contribution in [0.4, 0.5) is 5.69 Å². The van der Waals surface area contributed by atoms with E-state index in [1.54, 1.807) is 0 Å². The quantitative estimate of drug-likeness (QED) is 0.906. The summed E-state index contributed by atoms with van der Waals surface area (Å²) < 4.78 is 24.3. The zero-order chi connectivity index (χ0) is 14.0. The minimum Gasteiger partial charge on any atom is -0.367 e. The average molecular weight is 347 g/mol. The number of sulfone groups is 1. The highest BCUT2D eigenvalue weighted by molar-refractivity contribution is 9.10. The largest absolute Gasteiger partial charge is 0.367 e. The molecular weight excluding hydrogens is 328 g/mol. The summed E-state index contributed by atoms with van der Waals surface area (Å²) in [6.45, 7) is 3.35. The molecule has 1 N–H and O–H groups in total. The Hall–Kier alpha value is -0.590. The SMILES string of the molecule is CNCc1ccc(N2CCS(=O)(=O)CC2C)cc1Br. The first-order valence-electron chi connectivity index (χ1n) is 6.33. The van der Waals surface area contributed by atoms with Gasteiger partial charge in [-0.1, -0.05) is 22.0 Å². The number of hydrogen-bond donors (Lipinski definition) is 1. The molecule has 0 spiro atoms. The van der Waals surface area contributed by atoms with Crippen LogP contribution in [0.3, 0.4) is 0 Å². The molecule has 2 rings (SSSR count). The number of halogens is 1. The normalized spacial score (nSPS) is 22.5. The smallest absolute Gasteiger partial charge is 0.154 e. The van der Waals surface area contributed by atoms with Crippen molar-refractivity contribution in [2.45, 2.75) is 19.5 Å². The first-order valence-corrected chi connectivity index (χ1v) is 8.94. The van der Waals surface area contributed by atoms with E-state index in [-0.39, 0.29) is 17.5 Å². The molecule has 1 fully saturated rings. The molecule has 0 aliphatic carbocycles. The van der Waals surface area contributed by atoms with Crippen molar-refractivity contribution in [3.05, 3.63) is 28.2 Å². The predicted octanol–water partition coefficient (Wildman–Crippen LogP) is 1.79. The highest BCUT2D eigenvalue weighted by Crippen LogP contribution is 2.27. The van der Waals surface area contributed by atoms with Crippen molar-refractivity contribution in [1.82, 2.24) is 5.32 Å². The van der Waals surface area contributed by atoms with Crippen molar-refractivity contribution in [3.63, 3.8) is 0 Å². The van der Waals surface area contributed by atoms with E-state index in [9.17, 15) is 8.42 Å². The van der Waals surface area contributed by atoms with E-state index in [1.807, 2.05) is 14.0 Å². The van der Waals surface area contributed by atoms with Crippen LogP contribution >= 0.6 is 15.9 Å². The third-order valence-corrected chi connectivity index (χ3v) is 5.94. The first-order chi connectivity index (χ1) is 8.93. The number of benzene rings is 1. The van der Waals surface area contributed by atoms with E-state index in [4.69, 9.17) is 0 Å². The Morgan fingerprint density at radius 3 is 2.79 bits per heavy atom. The summed E-state index contributed by atoms with van der Waals surface area (Å²) in [6.07, 6.45) is 0. The van der Waals surface area contributed by atoms with Crippen LogP contribution in [0.2, 0.25) is 0 Å². The summed E-state index contributed by atoms with van der Waals surface area (Å²) in [5, 5.41) is 3.12. The fourth-order valence-corrected chi connectivity index (χ4v) is 4.49. The Bertz CT molecular complexity index is 560. The molecule has 19 heavy (non-hydrogen) atoms. The molecule has 1 aliphatic heterocycles. The Morgan fingerprint density at radius 1 is 1.47 bits per heavy atom. The Kier molecular flexibility index (Phi) is 4.53. The van der Waals surface area contributed by atoms with Gasteiger partial charge in [0.1, 0.15) is 0 Å². The number of anilines is 1. The van der Waals surface area contributed by atoms with Crippen LogP contribution in [0.25, 0.3) is 0 Å². The van der Waals surface area contributed by atoms with E-state index in [0.29, 0.717) is 6.54 Å². The molecule has 0 aromatic heterocycles. The summed E-state index contributed by atoms with van der Waals surface area (Å²) in [5.41, 5.74) is 2.28. The molecule has 0 radical (unpaired) electrons. The molecule has 0 bridgehead atoms. The van der Waals surface area contributed by atoms with Crippen molar-refractivity contribution in [1.29, 1.82) is 0 Å². The van der Waals surface area contributed by atoms with Crippen molar-refractivity contribution in [2.24, 2.45) is 0 Å². The lowest BCUT2D eigenvalue weighted by Gasteiger charge is -2.35. The van der Waals surface area contributed by atoms with Crippen LogP contribution in [0.5, 0.6) is 0 Å². The standard InChI is InChI=1S/C13H19BrN2O2S/c1-10-9-19(17,18)6-5-16(10)12-4-3-11(8-15-2)13(14)7-12/h3-4,7,10,15H,5-6,8-9H2,1-2H3.